The van der Waals surface area contributed by atoms with Crippen LogP contribution < -0.4 is 0 Å². The van der Waals surface area contributed by atoms with E-state index in [1.54, 1.807) is 21.8 Å². The van der Waals surface area contributed by atoms with E-state index in [-0.39, 0.29) is 5.78 Å². The zero-order valence-electron chi connectivity index (χ0n) is 23.3. The molecule has 1 saturated carbocycles. The Morgan fingerprint density at radius 2 is 0.932 bits per heavy atom. The van der Waals surface area contributed by atoms with Crippen LogP contribution in [0.25, 0.3) is 46.0 Å². The first kappa shape index (κ1) is 27.7. The summed E-state index contributed by atoms with van der Waals surface area (Å²) in [6.07, 6.45) is 8.81. The molecule has 0 atom stereocenters. The highest BCUT2D eigenvalue weighted by Gasteiger charge is 2.23. The van der Waals surface area contributed by atoms with E-state index in [1.165, 1.54) is 0 Å². The summed E-state index contributed by atoms with van der Waals surface area (Å²) in [6.45, 7) is 0. The number of aromatic nitrogens is 6. The first-order valence-corrected chi connectivity index (χ1v) is 14.8. The molecule has 1 aliphatic carbocycles. The molecule has 0 aliphatic heterocycles. The van der Waals surface area contributed by atoms with Crippen LogP contribution in [-0.2, 0) is 4.79 Å². The highest BCUT2D eigenvalue weighted by Crippen LogP contribution is 2.31. The molecule has 1 fully saturated rings. The van der Waals surface area contributed by atoms with Crippen LogP contribution in [0.3, 0.4) is 0 Å². The predicted octanol–water partition coefficient (Wildman–Crippen LogP) is 8.32. The van der Waals surface area contributed by atoms with Crippen LogP contribution in [0.4, 0.5) is 0 Å². The topological polar surface area (TPSA) is 78.5 Å². The minimum atomic E-state index is 0.0840. The van der Waals surface area contributed by atoms with Crippen molar-refractivity contribution in [2.24, 2.45) is 0 Å². The number of benzene rings is 4. The molecule has 214 valence electrons. The van der Waals surface area contributed by atoms with Crippen molar-refractivity contribution in [2.45, 2.75) is 12.8 Å². The van der Waals surface area contributed by atoms with Gasteiger partial charge in [-0.15, -0.1) is 10.2 Å². The third-order valence-corrected chi connectivity index (χ3v) is 8.09. The van der Waals surface area contributed by atoms with Crippen molar-refractivity contribution in [3.8, 4) is 33.9 Å². The molecule has 7 nitrogen and oxygen atoms in total. The second kappa shape index (κ2) is 11.9. The molecule has 9 heteroatoms. The fourth-order valence-corrected chi connectivity index (χ4v) is 5.54. The second-order valence-corrected chi connectivity index (χ2v) is 11.3. The van der Waals surface area contributed by atoms with Crippen molar-refractivity contribution < 1.29 is 4.79 Å². The van der Waals surface area contributed by atoms with Crippen LogP contribution in [0.15, 0.2) is 121 Å². The normalized spacial score (nSPS) is 15.0. The van der Waals surface area contributed by atoms with Crippen molar-refractivity contribution in [3.63, 3.8) is 0 Å². The predicted molar refractivity (Wildman–Crippen MR) is 174 cm³/mol. The highest BCUT2D eigenvalue weighted by molar-refractivity contribution is 6.31. The Bertz CT molecular complexity index is 1870. The minimum absolute atomic E-state index is 0.0840. The van der Waals surface area contributed by atoms with E-state index < -0.39 is 0 Å². The zero-order valence-corrected chi connectivity index (χ0v) is 24.8. The molecule has 6 aromatic rings. The number of carbonyl (C=O) groups is 1. The Balaban J connectivity index is 1.06. The lowest BCUT2D eigenvalue weighted by atomic mass is 10.1. The number of ketones is 1. The molecule has 0 saturated heterocycles. The third-order valence-electron chi connectivity index (χ3n) is 7.58. The van der Waals surface area contributed by atoms with Crippen LogP contribution in [0, 0.1) is 0 Å². The van der Waals surface area contributed by atoms with Gasteiger partial charge in [-0.2, -0.15) is 0 Å². The number of hydrogen-bond acceptors (Lipinski definition) is 5. The van der Waals surface area contributed by atoms with Gasteiger partial charge in [-0.05, 0) is 84.7 Å². The molecule has 0 amide bonds. The summed E-state index contributed by atoms with van der Waals surface area (Å²) < 4.78 is 3.57. The smallest absolute Gasteiger partial charge is 0.185 e. The van der Waals surface area contributed by atoms with Gasteiger partial charge in [0.1, 0.15) is 0 Å². The molecule has 0 spiro atoms. The average Bonchev–Trinajstić information content (AvgIpc) is 3.81. The summed E-state index contributed by atoms with van der Waals surface area (Å²) in [4.78, 5) is 13.3. The highest BCUT2D eigenvalue weighted by atomic mass is 35.5. The van der Waals surface area contributed by atoms with Crippen LogP contribution in [0.5, 0.6) is 0 Å². The van der Waals surface area contributed by atoms with Crippen LogP contribution >= 0.6 is 23.2 Å². The lowest BCUT2D eigenvalue weighted by Gasteiger charge is -2.07. The Labute approximate surface area is 263 Å². The largest absolute Gasteiger partial charge is 0.289 e. The quantitative estimate of drug-likeness (QED) is 0.176. The Kier molecular flexibility index (Phi) is 7.48. The van der Waals surface area contributed by atoms with Gasteiger partial charge in [0.2, 0.25) is 0 Å². The van der Waals surface area contributed by atoms with E-state index in [0.29, 0.717) is 22.9 Å². The van der Waals surface area contributed by atoms with Gasteiger partial charge in [-0.1, -0.05) is 82.2 Å². The molecule has 0 unspecified atom stereocenters. The van der Waals surface area contributed by atoms with Crippen molar-refractivity contribution >= 4 is 41.1 Å². The number of allylic oxidation sites excluding steroid dienone is 2. The monoisotopic (exact) mass is 614 g/mol. The minimum Gasteiger partial charge on any atom is -0.289 e. The lowest BCUT2D eigenvalue weighted by molar-refractivity contribution is -0.111. The van der Waals surface area contributed by atoms with E-state index in [9.17, 15) is 4.79 Å². The molecule has 44 heavy (non-hydrogen) atoms. The number of carbonyl (C=O) groups excluding carboxylic acids is 1. The van der Waals surface area contributed by atoms with Gasteiger partial charge < -0.3 is 0 Å². The maximum absolute atomic E-state index is 13.3. The second-order valence-electron chi connectivity index (χ2n) is 10.4. The van der Waals surface area contributed by atoms with Gasteiger partial charge in [-0.3, -0.25) is 4.79 Å². The maximum atomic E-state index is 13.3. The fraction of sp³-hybridized carbons (Fsp3) is 0.0571. The molecule has 0 N–H and O–H groups in total. The van der Waals surface area contributed by atoms with Crippen LogP contribution in [0.1, 0.15) is 24.0 Å². The summed E-state index contributed by atoms with van der Waals surface area (Å²) in [5.41, 5.74) is 8.95. The number of halogens is 2. The number of nitrogens with zero attached hydrogens (tertiary/aromatic N) is 6. The maximum Gasteiger partial charge on any atom is 0.185 e. The SMILES string of the molecule is O=C1/C(=C\c2ccc(-n3nncc3-c3ccc(Cl)cc3)cc2)CC/C1=C\c1ccc(-n2nncc2-c2ccc(Cl)cc2)cc1. The average molecular weight is 616 g/mol. The fourth-order valence-electron chi connectivity index (χ4n) is 5.29. The molecule has 7 rings (SSSR count). The van der Waals surface area contributed by atoms with Crippen LogP contribution in [-0.4, -0.2) is 35.8 Å². The number of hydrogen-bond donors (Lipinski definition) is 0. The molecule has 1 aliphatic rings. The Morgan fingerprint density at radius 3 is 1.32 bits per heavy atom. The molecular weight excluding hydrogens is 591 g/mol. The molecule has 2 heterocycles. The standard InChI is InChI=1S/C35H24Cl2N6O/c36-29-11-7-25(8-12-29)33-21-38-40-42(33)31-15-1-23(2-16-31)19-27-5-6-28(35(27)44)20-24-3-17-32(18-4-24)43-34(22-39-41-43)26-9-13-30(37)14-10-26/h1-4,7-22H,5-6H2/b27-19-,28-20+. The molecular formula is C35H24Cl2N6O. The lowest BCUT2D eigenvalue weighted by Crippen LogP contribution is -2.00. The van der Waals surface area contributed by atoms with E-state index in [0.717, 1.165) is 56.2 Å². The summed E-state index contributed by atoms with van der Waals surface area (Å²) in [5.74, 6) is 0.0840. The Hall–Kier alpha value is -5.11. The van der Waals surface area contributed by atoms with E-state index >= 15 is 0 Å². The van der Waals surface area contributed by atoms with Crippen molar-refractivity contribution in [1.82, 2.24) is 30.0 Å². The van der Waals surface area contributed by atoms with Gasteiger partial charge in [0, 0.05) is 32.3 Å². The van der Waals surface area contributed by atoms with Crippen molar-refractivity contribution in [1.29, 1.82) is 0 Å². The first-order chi connectivity index (χ1) is 21.5. The molecule has 2 aromatic heterocycles. The van der Waals surface area contributed by atoms with E-state index in [1.807, 2.05) is 109 Å². The molecule has 0 bridgehead atoms. The van der Waals surface area contributed by atoms with Gasteiger partial charge in [0.05, 0.1) is 35.2 Å². The third kappa shape index (κ3) is 5.63. The number of Topliss-reactive ketones (excluding diaryl/α,β-unsaturated/α-hetero) is 1. The van der Waals surface area contributed by atoms with Crippen LogP contribution in [0.2, 0.25) is 10.0 Å². The van der Waals surface area contributed by atoms with Crippen molar-refractivity contribution in [3.05, 3.63) is 142 Å². The Morgan fingerprint density at radius 1 is 0.545 bits per heavy atom. The van der Waals surface area contributed by atoms with Gasteiger partial charge in [0.15, 0.2) is 5.78 Å². The summed E-state index contributed by atoms with van der Waals surface area (Å²) >= 11 is 12.1. The zero-order chi connectivity index (χ0) is 30.0. The first-order valence-electron chi connectivity index (χ1n) is 14.0. The van der Waals surface area contributed by atoms with Gasteiger partial charge >= 0.3 is 0 Å². The number of rotatable bonds is 6. The molecule has 0 radical (unpaired) electrons. The van der Waals surface area contributed by atoms with Gasteiger partial charge in [-0.25, -0.2) is 9.36 Å². The van der Waals surface area contributed by atoms with E-state index in [2.05, 4.69) is 20.6 Å². The summed E-state index contributed by atoms with van der Waals surface area (Å²) in [6, 6.07) is 31.0. The van der Waals surface area contributed by atoms with Crippen molar-refractivity contribution in [2.75, 3.05) is 0 Å². The van der Waals surface area contributed by atoms with Gasteiger partial charge in [0.25, 0.3) is 0 Å². The summed E-state index contributed by atoms with van der Waals surface area (Å²) in [5, 5.41) is 18.1. The molecule has 4 aromatic carbocycles. The summed E-state index contributed by atoms with van der Waals surface area (Å²) in [7, 11) is 0. The van der Waals surface area contributed by atoms with E-state index in [4.69, 9.17) is 23.2 Å².